The predicted molar refractivity (Wildman–Crippen MR) is 132 cm³/mol. The first-order chi connectivity index (χ1) is 16.0. The van der Waals surface area contributed by atoms with E-state index in [9.17, 15) is 9.59 Å². The fraction of sp³-hybridized carbons (Fsp3) is 0.167. The third kappa shape index (κ3) is 5.88. The maximum atomic E-state index is 12.3. The van der Waals surface area contributed by atoms with Gasteiger partial charge in [-0.15, -0.1) is 11.3 Å². The van der Waals surface area contributed by atoms with Gasteiger partial charge in [0.15, 0.2) is 5.16 Å². The van der Waals surface area contributed by atoms with E-state index in [0.717, 1.165) is 32.5 Å². The number of carbonyl (C=O) groups is 1. The highest BCUT2D eigenvalue weighted by Gasteiger charge is 2.15. The first-order valence-electron chi connectivity index (χ1n) is 10.2. The highest BCUT2D eigenvalue weighted by molar-refractivity contribution is 7.99. The summed E-state index contributed by atoms with van der Waals surface area (Å²) in [5.41, 5.74) is 3.05. The van der Waals surface area contributed by atoms with Crippen LogP contribution in [0.5, 0.6) is 5.75 Å². The summed E-state index contributed by atoms with van der Waals surface area (Å²) in [6.45, 7) is 2.35. The summed E-state index contributed by atoms with van der Waals surface area (Å²) < 4.78 is 5.21. The lowest BCUT2D eigenvalue weighted by Gasteiger charge is -2.06. The van der Waals surface area contributed by atoms with Gasteiger partial charge < -0.3 is 15.0 Å². The second kappa shape index (κ2) is 10.5. The Morgan fingerprint density at radius 3 is 2.61 bits per heavy atom. The molecule has 168 valence electrons. The number of methoxy groups -OCH3 is 1. The van der Waals surface area contributed by atoms with Crippen LogP contribution in [-0.2, 0) is 11.3 Å². The van der Waals surface area contributed by atoms with Gasteiger partial charge in [-0.05, 0) is 36.8 Å². The van der Waals surface area contributed by atoms with Crippen LogP contribution in [0.3, 0.4) is 0 Å². The molecule has 0 fully saturated rings. The lowest BCUT2D eigenvalue weighted by molar-refractivity contribution is -0.118. The molecule has 4 rings (SSSR count). The fourth-order valence-corrected chi connectivity index (χ4v) is 4.83. The molecule has 0 unspecified atom stereocenters. The molecule has 9 heteroatoms. The number of carbonyl (C=O) groups excluding carboxylic acids is 1. The molecule has 0 aliphatic rings. The van der Waals surface area contributed by atoms with Crippen molar-refractivity contribution in [3.8, 4) is 26.9 Å². The average Bonchev–Trinajstić information content (AvgIpc) is 3.23. The predicted octanol–water partition coefficient (Wildman–Crippen LogP) is 4.29. The second-order valence-corrected chi connectivity index (χ2v) is 9.11. The molecule has 2 aromatic carbocycles. The van der Waals surface area contributed by atoms with Gasteiger partial charge >= 0.3 is 0 Å². The summed E-state index contributed by atoms with van der Waals surface area (Å²) in [7, 11) is 1.63. The summed E-state index contributed by atoms with van der Waals surface area (Å²) in [6, 6.07) is 18.8. The average molecular weight is 479 g/mol. The van der Waals surface area contributed by atoms with Crippen molar-refractivity contribution in [1.29, 1.82) is 0 Å². The number of nitrogens with zero attached hydrogens (tertiary/aromatic N) is 2. The Hall–Kier alpha value is -3.43. The van der Waals surface area contributed by atoms with E-state index in [2.05, 4.69) is 20.3 Å². The molecule has 0 bridgehead atoms. The number of hydrogen-bond acceptors (Lipinski definition) is 7. The van der Waals surface area contributed by atoms with E-state index in [1.54, 1.807) is 7.11 Å². The summed E-state index contributed by atoms with van der Waals surface area (Å²) in [6.07, 6.45) is 0. The number of amides is 1. The van der Waals surface area contributed by atoms with E-state index in [0.29, 0.717) is 17.4 Å². The third-order valence-electron chi connectivity index (χ3n) is 4.76. The molecule has 0 spiro atoms. The van der Waals surface area contributed by atoms with Gasteiger partial charge in [0.05, 0.1) is 29.1 Å². The Kier molecular flexibility index (Phi) is 7.21. The molecule has 2 heterocycles. The standard InChI is InChI=1S/C24H22N4O3S2/c1-15-22(33-23(26-15)17-8-10-18(31-2)11-9-17)19-12-20(29)28-24(27-19)32-14-21(30)25-13-16-6-4-3-5-7-16/h3-12H,13-14H2,1-2H3,(H,25,30)(H,27,28,29). The van der Waals surface area contributed by atoms with Crippen molar-refractivity contribution in [2.24, 2.45) is 0 Å². The van der Waals surface area contributed by atoms with Crippen LogP contribution >= 0.6 is 23.1 Å². The minimum absolute atomic E-state index is 0.132. The summed E-state index contributed by atoms with van der Waals surface area (Å²) in [5, 5.41) is 4.10. The Labute approximate surface area is 199 Å². The normalized spacial score (nSPS) is 10.7. The van der Waals surface area contributed by atoms with E-state index in [4.69, 9.17) is 4.74 Å². The minimum Gasteiger partial charge on any atom is -0.497 e. The summed E-state index contributed by atoms with van der Waals surface area (Å²) in [5.74, 6) is 0.795. The molecule has 0 radical (unpaired) electrons. The zero-order chi connectivity index (χ0) is 23.2. The summed E-state index contributed by atoms with van der Waals surface area (Å²) >= 11 is 2.66. The molecular weight excluding hydrogens is 456 g/mol. The van der Waals surface area contributed by atoms with Gasteiger partial charge in [0, 0.05) is 18.2 Å². The lowest BCUT2D eigenvalue weighted by Crippen LogP contribution is -2.24. The second-order valence-electron chi connectivity index (χ2n) is 7.15. The quantitative estimate of drug-likeness (QED) is 0.290. The number of hydrogen-bond donors (Lipinski definition) is 2. The molecule has 0 saturated heterocycles. The van der Waals surface area contributed by atoms with Gasteiger partial charge in [-0.25, -0.2) is 9.97 Å². The van der Waals surface area contributed by atoms with Gasteiger partial charge in [0.25, 0.3) is 5.56 Å². The van der Waals surface area contributed by atoms with Gasteiger partial charge in [0.1, 0.15) is 10.8 Å². The van der Waals surface area contributed by atoms with Crippen LogP contribution in [0.25, 0.3) is 21.1 Å². The first kappa shape index (κ1) is 22.8. The minimum atomic E-state index is -0.272. The van der Waals surface area contributed by atoms with Crippen molar-refractivity contribution in [3.63, 3.8) is 0 Å². The molecule has 0 aliphatic carbocycles. The van der Waals surface area contributed by atoms with Crippen LogP contribution in [0, 0.1) is 6.92 Å². The van der Waals surface area contributed by atoms with E-state index < -0.39 is 0 Å². The topological polar surface area (TPSA) is 97.0 Å². The number of H-pyrrole nitrogens is 1. The maximum Gasteiger partial charge on any atom is 0.252 e. The smallest absolute Gasteiger partial charge is 0.252 e. The monoisotopic (exact) mass is 478 g/mol. The van der Waals surface area contributed by atoms with E-state index in [1.807, 2.05) is 61.5 Å². The number of nitrogens with one attached hydrogen (secondary N) is 2. The van der Waals surface area contributed by atoms with Crippen molar-refractivity contribution in [3.05, 3.63) is 82.3 Å². The van der Waals surface area contributed by atoms with Crippen LogP contribution in [-0.4, -0.2) is 33.7 Å². The Bertz CT molecular complexity index is 1300. The van der Waals surface area contributed by atoms with Crippen molar-refractivity contribution >= 4 is 29.0 Å². The van der Waals surface area contributed by atoms with Gasteiger partial charge in [-0.3, -0.25) is 9.59 Å². The number of benzene rings is 2. The lowest BCUT2D eigenvalue weighted by atomic mass is 10.2. The number of aromatic nitrogens is 3. The molecule has 2 N–H and O–H groups in total. The Morgan fingerprint density at radius 2 is 1.88 bits per heavy atom. The Balaban J connectivity index is 1.46. The first-order valence-corrected chi connectivity index (χ1v) is 12.0. The molecule has 0 aliphatic heterocycles. The molecule has 2 aromatic heterocycles. The largest absolute Gasteiger partial charge is 0.497 e. The summed E-state index contributed by atoms with van der Waals surface area (Å²) in [4.78, 5) is 37.2. The maximum absolute atomic E-state index is 12.3. The molecule has 0 saturated carbocycles. The molecule has 1 amide bonds. The number of rotatable bonds is 8. The molecular formula is C24H22N4O3S2. The van der Waals surface area contributed by atoms with Crippen molar-refractivity contribution in [2.75, 3.05) is 12.9 Å². The zero-order valence-corrected chi connectivity index (χ0v) is 19.8. The van der Waals surface area contributed by atoms with Crippen LogP contribution < -0.4 is 15.6 Å². The van der Waals surface area contributed by atoms with Crippen LogP contribution in [0.2, 0.25) is 0 Å². The molecule has 0 atom stereocenters. The molecule has 4 aromatic rings. The van der Waals surface area contributed by atoms with Gasteiger partial charge in [-0.2, -0.15) is 0 Å². The highest BCUT2D eigenvalue weighted by atomic mass is 32.2. The number of aromatic amines is 1. The zero-order valence-electron chi connectivity index (χ0n) is 18.1. The third-order valence-corrected chi connectivity index (χ3v) is 6.86. The number of aryl methyl sites for hydroxylation is 1. The highest BCUT2D eigenvalue weighted by Crippen LogP contribution is 2.34. The van der Waals surface area contributed by atoms with E-state index >= 15 is 0 Å². The van der Waals surface area contributed by atoms with Gasteiger partial charge in [0.2, 0.25) is 5.91 Å². The van der Waals surface area contributed by atoms with E-state index in [1.165, 1.54) is 29.2 Å². The van der Waals surface area contributed by atoms with Crippen LogP contribution in [0.15, 0.2) is 70.6 Å². The molecule has 7 nitrogen and oxygen atoms in total. The van der Waals surface area contributed by atoms with Crippen LogP contribution in [0.4, 0.5) is 0 Å². The van der Waals surface area contributed by atoms with E-state index in [-0.39, 0.29) is 17.2 Å². The van der Waals surface area contributed by atoms with Crippen LogP contribution in [0.1, 0.15) is 11.3 Å². The van der Waals surface area contributed by atoms with Crippen molar-refractivity contribution in [2.45, 2.75) is 18.6 Å². The van der Waals surface area contributed by atoms with Gasteiger partial charge in [-0.1, -0.05) is 42.1 Å². The Morgan fingerprint density at radius 1 is 1.12 bits per heavy atom. The number of thioether (sulfide) groups is 1. The van der Waals surface area contributed by atoms with Crippen molar-refractivity contribution < 1.29 is 9.53 Å². The molecule has 33 heavy (non-hydrogen) atoms. The fourth-order valence-electron chi connectivity index (χ4n) is 3.09. The number of thiazole rings is 1. The van der Waals surface area contributed by atoms with Crippen molar-refractivity contribution in [1.82, 2.24) is 20.3 Å². The SMILES string of the molecule is COc1ccc(-c2nc(C)c(-c3cc(=O)[nH]c(SCC(=O)NCc4ccccc4)n3)s2)cc1. The number of ether oxygens (including phenoxy) is 1.